The highest BCUT2D eigenvalue weighted by Gasteiger charge is 2.21. The minimum atomic E-state index is 0.745. The van der Waals surface area contributed by atoms with Crippen LogP contribution in [0.5, 0.6) is 0 Å². The molecule has 3 heteroatoms. The van der Waals surface area contributed by atoms with Gasteiger partial charge in [-0.2, -0.15) is 0 Å². The summed E-state index contributed by atoms with van der Waals surface area (Å²) in [6.45, 7) is 0. The SMILES string of the molecule is Clc1ccc(-c2onc3c2CCC3)cc1. The van der Waals surface area contributed by atoms with Crippen molar-refractivity contribution in [1.29, 1.82) is 0 Å². The first-order chi connectivity index (χ1) is 7.34. The van der Waals surface area contributed by atoms with Crippen LogP contribution in [0.15, 0.2) is 28.8 Å². The molecule has 0 amide bonds. The smallest absolute Gasteiger partial charge is 0.170 e. The van der Waals surface area contributed by atoms with Crippen LogP contribution in [0.3, 0.4) is 0 Å². The molecule has 2 aromatic rings. The normalized spacial score (nSPS) is 14.2. The van der Waals surface area contributed by atoms with Crippen molar-refractivity contribution >= 4 is 11.6 Å². The first kappa shape index (κ1) is 8.98. The first-order valence-corrected chi connectivity index (χ1v) is 5.46. The Kier molecular flexibility index (Phi) is 2.03. The predicted octanol–water partition coefficient (Wildman–Crippen LogP) is 3.48. The zero-order valence-electron chi connectivity index (χ0n) is 8.16. The van der Waals surface area contributed by atoms with Crippen molar-refractivity contribution in [2.75, 3.05) is 0 Å². The van der Waals surface area contributed by atoms with E-state index in [4.69, 9.17) is 16.1 Å². The standard InChI is InChI=1S/C12H10ClNO/c13-9-6-4-8(5-7-9)12-10-2-1-3-11(10)14-15-12/h4-7H,1-3H2. The molecule has 0 aliphatic heterocycles. The molecule has 15 heavy (non-hydrogen) atoms. The Morgan fingerprint density at radius 2 is 1.93 bits per heavy atom. The van der Waals surface area contributed by atoms with Gasteiger partial charge in [0.1, 0.15) is 0 Å². The number of aromatic nitrogens is 1. The number of benzene rings is 1. The molecule has 0 fully saturated rings. The van der Waals surface area contributed by atoms with Gasteiger partial charge in [0, 0.05) is 16.1 Å². The van der Waals surface area contributed by atoms with Crippen LogP contribution in [0, 0.1) is 0 Å². The second-order valence-corrected chi connectivity index (χ2v) is 4.23. The van der Waals surface area contributed by atoms with Crippen molar-refractivity contribution < 1.29 is 4.52 Å². The Labute approximate surface area is 92.8 Å². The van der Waals surface area contributed by atoms with Crippen molar-refractivity contribution in [2.45, 2.75) is 19.3 Å². The average Bonchev–Trinajstić information content (AvgIpc) is 2.80. The van der Waals surface area contributed by atoms with Gasteiger partial charge in [-0.15, -0.1) is 0 Å². The molecule has 1 aromatic heterocycles. The third-order valence-electron chi connectivity index (χ3n) is 2.82. The lowest BCUT2D eigenvalue weighted by molar-refractivity contribution is 0.420. The summed E-state index contributed by atoms with van der Waals surface area (Å²) >= 11 is 5.84. The highest BCUT2D eigenvalue weighted by Crippen LogP contribution is 2.32. The van der Waals surface area contributed by atoms with Gasteiger partial charge in [-0.05, 0) is 43.5 Å². The van der Waals surface area contributed by atoms with E-state index in [-0.39, 0.29) is 0 Å². The van der Waals surface area contributed by atoms with E-state index in [0.717, 1.165) is 34.9 Å². The van der Waals surface area contributed by atoms with E-state index in [2.05, 4.69) is 5.16 Å². The Bertz CT molecular complexity index is 487. The first-order valence-electron chi connectivity index (χ1n) is 5.08. The number of hydrogen-bond donors (Lipinski definition) is 0. The zero-order chi connectivity index (χ0) is 10.3. The third kappa shape index (κ3) is 1.45. The molecular formula is C12H10ClNO. The number of hydrogen-bond acceptors (Lipinski definition) is 2. The van der Waals surface area contributed by atoms with Gasteiger partial charge >= 0.3 is 0 Å². The van der Waals surface area contributed by atoms with Crippen LogP contribution in [-0.4, -0.2) is 5.16 Å². The van der Waals surface area contributed by atoms with Crippen LogP contribution < -0.4 is 0 Å². The van der Waals surface area contributed by atoms with Crippen LogP contribution in [0.2, 0.25) is 5.02 Å². The van der Waals surface area contributed by atoms with Crippen molar-refractivity contribution in [2.24, 2.45) is 0 Å². The molecule has 1 aliphatic carbocycles. The van der Waals surface area contributed by atoms with E-state index in [9.17, 15) is 0 Å². The lowest BCUT2D eigenvalue weighted by Gasteiger charge is -1.98. The van der Waals surface area contributed by atoms with E-state index < -0.39 is 0 Å². The van der Waals surface area contributed by atoms with Gasteiger partial charge < -0.3 is 4.52 Å². The molecule has 0 N–H and O–H groups in total. The lowest BCUT2D eigenvalue weighted by Crippen LogP contribution is -1.80. The molecule has 2 nitrogen and oxygen atoms in total. The average molecular weight is 220 g/mol. The molecule has 0 radical (unpaired) electrons. The summed E-state index contributed by atoms with van der Waals surface area (Å²) < 4.78 is 5.37. The second-order valence-electron chi connectivity index (χ2n) is 3.80. The molecular weight excluding hydrogens is 210 g/mol. The maximum absolute atomic E-state index is 5.84. The minimum Gasteiger partial charge on any atom is -0.356 e. The third-order valence-corrected chi connectivity index (χ3v) is 3.07. The second kappa shape index (κ2) is 3.38. The quantitative estimate of drug-likeness (QED) is 0.734. The summed E-state index contributed by atoms with van der Waals surface area (Å²) in [6.07, 6.45) is 3.32. The van der Waals surface area contributed by atoms with E-state index in [1.54, 1.807) is 0 Å². The van der Waals surface area contributed by atoms with Crippen molar-refractivity contribution in [3.8, 4) is 11.3 Å². The maximum Gasteiger partial charge on any atom is 0.170 e. The van der Waals surface area contributed by atoms with Gasteiger partial charge in [0.25, 0.3) is 0 Å². The van der Waals surface area contributed by atoms with Crippen molar-refractivity contribution in [1.82, 2.24) is 5.16 Å². The monoisotopic (exact) mass is 219 g/mol. The number of aryl methyl sites for hydroxylation is 1. The Morgan fingerprint density at radius 1 is 1.13 bits per heavy atom. The molecule has 0 unspecified atom stereocenters. The highest BCUT2D eigenvalue weighted by atomic mass is 35.5. The van der Waals surface area contributed by atoms with Crippen LogP contribution >= 0.6 is 11.6 Å². The van der Waals surface area contributed by atoms with Crippen LogP contribution in [0.1, 0.15) is 17.7 Å². The number of fused-ring (bicyclic) bond motifs is 1. The fourth-order valence-electron chi connectivity index (χ4n) is 2.06. The molecule has 1 aliphatic rings. The molecule has 0 atom stereocenters. The maximum atomic E-state index is 5.84. The molecule has 0 spiro atoms. The molecule has 1 aromatic carbocycles. The van der Waals surface area contributed by atoms with E-state index in [1.165, 1.54) is 12.0 Å². The minimum absolute atomic E-state index is 0.745. The Morgan fingerprint density at radius 3 is 2.73 bits per heavy atom. The summed E-state index contributed by atoms with van der Waals surface area (Å²) in [7, 11) is 0. The topological polar surface area (TPSA) is 26.0 Å². The molecule has 1 heterocycles. The van der Waals surface area contributed by atoms with Gasteiger partial charge in [0.05, 0.1) is 5.69 Å². The van der Waals surface area contributed by atoms with E-state index in [0.29, 0.717) is 0 Å². The van der Waals surface area contributed by atoms with Crippen LogP contribution in [-0.2, 0) is 12.8 Å². The van der Waals surface area contributed by atoms with Crippen molar-refractivity contribution in [3.63, 3.8) is 0 Å². The number of halogens is 1. The lowest BCUT2D eigenvalue weighted by atomic mass is 10.1. The zero-order valence-corrected chi connectivity index (χ0v) is 8.92. The van der Waals surface area contributed by atoms with Crippen LogP contribution in [0.25, 0.3) is 11.3 Å². The van der Waals surface area contributed by atoms with Gasteiger partial charge in [0.2, 0.25) is 0 Å². The predicted molar refractivity (Wildman–Crippen MR) is 59.0 cm³/mol. The highest BCUT2D eigenvalue weighted by molar-refractivity contribution is 6.30. The summed E-state index contributed by atoms with van der Waals surface area (Å²) in [5, 5.41) is 4.83. The van der Waals surface area contributed by atoms with E-state index >= 15 is 0 Å². The Hall–Kier alpha value is -1.28. The fourth-order valence-corrected chi connectivity index (χ4v) is 2.18. The summed E-state index contributed by atoms with van der Waals surface area (Å²) in [5.74, 6) is 0.916. The fraction of sp³-hybridized carbons (Fsp3) is 0.250. The number of nitrogens with zero attached hydrogens (tertiary/aromatic N) is 1. The van der Waals surface area contributed by atoms with Gasteiger partial charge in [-0.1, -0.05) is 16.8 Å². The van der Waals surface area contributed by atoms with Crippen LogP contribution in [0.4, 0.5) is 0 Å². The van der Waals surface area contributed by atoms with E-state index in [1.807, 2.05) is 24.3 Å². The van der Waals surface area contributed by atoms with Crippen molar-refractivity contribution in [3.05, 3.63) is 40.5 Å². The van der Waals surface area contributed by atoms with Gasteiger partial charge in [-0.25, -0.2) is 0 Å². The molecule has 76 valence electrons. The number of rotatable bonds is 1. The summed E-state index contributed by atoms with van der Waals surface area (Å²) in [4.78, 5) is 0. The van der Waals surface area contributed by atoms with Gasteiger partial charge in [0.15, 0.2) is 5.76 Å². The van der Waals surface area contributed by atoms with Gasteiger partial charge in [-0.3, -0.25) is 0 Å². The summed E-state index contributed by atoms with van der Waals surface area (Å²) in [5.41, 5.74) is 3.47. The molecule has 3 rings (SSSR count). The molecule has 0 saturated heterocycles. The molecule has 0 bridgehead atoms. The Balaban J connectivity index is 2.09. The summed E-state index contributed by atoms with van der Waals surface area (Å²) in [6, 6.07) is 7.70. The largest absolute Gasteiger partial charge is 0.356 e. The molecule has 0 saturated carbocycles.